The highest BCUT2D eigenvalue weighted by molar-refractivity contribution is 6.03. The van der Waals surface area contributed by atoms with Gasteiger partial charge >= 0.3 is 0 Å². The van der Waals surface area contributed by atoms with E-state index in [1.165, 1.54) is 5.56 Å². The predicted octanol–water partition coefficient (Wildman–Crippen LogP) is 3.11. The van der Waals surface area contributed by atoms with Crippen molar-refractivity contribution in [2.75, 3.05) is 5.32 Å². The molecule has 0 unspecified atom stereocenters. The molecular formula is C16H16N4O. The second-order valence-corrected chi connectivity index (χ2v) is 5.18. The maximum Gasteiger partial charge on any atom is 0.276 e. The van der Waals surface area contributed by atoms with Crippen LogP contribution in [0.4, 0.5) is 5.69 Å². The van der Waals surface area contributed by atoms with Gasteiger partial charge in [0.25, 0.3) is 5.91 Å². The Labute approximate surface area is 122 Å². The molecule has 0 aliphatic rings. The lowest BCUT2D eigenvalue weighted by Crippen LogP contribution is -2.12. The fraction of sp³-hybridized carbons (Fsp3) is 0.188. The van der Waals surface area contributed by atoms with Gasteiger partial charge < -0.3 is 5.32 Å². The third-order valence-corrected chi connectivity index (χ3v) is 3.30. The fourth-order valence-electron chi connectivity index (χ4n) is 2.09. The maximum absolute atomic E-state index is 12.2. The summed E-state index contributed by atoms with van der Waals surface area (Å²) in [5, 5.41) is 7.04. The predicted molar refractivity (Wildman–Crippen MR) is 81.5 cm³/mol. The number of benzene rings is 1. The molecule has 106 valence electrons. The Morgan fingerprint density at radius 3 is 2.67 bits per heavy atom. The van der Waals surface area contributed by atoms with Crippen LogP contribution in [0.5, 0.6) is 0 Å². The van der Waals surface area contributed by atoms with Crippen LogP contribution in [0.15, 0.2) is 48.8 Å². The van der Waals surface area contributed by atoms with Gasteiger partial charge in [0, 0.05) is 24.1 Å². The minimum Gasteiger partial charge on any atom is -0.321 e. The SMILES string of the molecule is CC(C)c1ccc(NC(=O)c2cc3ncccn3n2)cc1. The highest BCUT2D eigenvalue weighted by atomic mass is 16.1. The molecule has 0 aliphatic carbocycles. The summed E-state index contributed by atoms with van der Waals surface area (Å²) in [7, 11) is 0. The van der Waals surface area contributed by atoms with Crippen LogP contribution in [0.25, 0.3) is 5.65 Å². The van der Waals surface area contributed by atoms with E-state index in [1.807, 2.05) is 24.3 Å². The zero-order chi connectivity index (χ0) is 14.8. The van der Waals surface area contributed by atoms with Crippen LogP contribution in [-0.2, 0) is 0 Å². The van der Waals surface area contributed by atoms with Crippen LogP contribution >= 0.6 is 0 Å². The van der Waals surface area contributed by atoms with Crippen molar-refractivity contribution in [1.29, 1.82) is 0 Å². The minimum atomic E-state index is -0.238. The molecule has 0 aliphatic heterocycles. The molecule has 3 rings (SSSR count). The van der Waals surface area contributed by atoms with Crippen LogP contribution in [0, 0.1) is 0 Å². The molecule has 0 radical (unpaired) electrons. The molecule has 3 aromatic rings. The number of rotatable bonds is 3. The third-order valence-electron chi connectivity index (χ3n) is 3.30. The first-order valence-corrected chi connectivity index (χ1v) is 6.85. The van der Waals surface area contributed by atoms with Crippen LogP contribution in [0.2, 0.25) is 0 Å². The lowest BCUT2D eigenvalue weighted by molar-refractivity contribution is 0.102. The molecule has 21 heavy (non-hydrogen) atoms. The van der Waals surface area contributed by atoms with E-state index in [0.29, 0.717) is 17.3 Å². The van der Waals surface area contributed by atoms with Gasteiger partial charge in [-0.25, -0.2) is 9.50 Å². The zero-order valence-electron chi connectivity index (χ0n) is 11.9. The van der Waals surface area contributed by atoms with E-state index in [4.69, 9.17) is 0 Å². The molecule has 5 heteroatoms. The molecule has 1 aromatic carbocycles. The number of anilines is 1. The smallest absolute Gasteiger partial charge is 0.276 e. The molecule has 5 nitrogen and oxygen atoms in total. The summed E-state index contributed by atoms with van der Waals surface area (Å²) >= 11 is 0. The number of carbonyl (C=O) groups is 1. The van der Waals surface area contributed by atoms with E-state index >= 15 is 0 Å². The standard InChI is InChI=1S/C16H16N4O/c1-11(2)12-4-6-13(7-5-12)18-16(21)14-10-15-17-8-3-9-20(15)19-14/h3-11H,1-2H3,(H,18,21). The van der Waals surface area contributed by atoms with Crippen LogP contribution < -0.4 is 5.32 Å². The van der Waals surface area contributed by atoms with Crippen molar-refractivity contribution >= 4 is 17.2 Å². The van der Waals surface area contributed by atoms with E-state index in [2.05, 4.69) is 29.2 Å². The fourth-order valence-corrected chi connectivity index (χ4v) is 2.09. The van der Waals surface area contributed by atoms with Gasteiger partial charge in [-0.15, -0.1) is 0 Å². The highest BCUT2D eigenvalue weighted by Gasteiger charge is 2.11. The zero-order valence-corrected chi connectivity index (χ0v) is 11.9. The second kappa shape index (κ2) is 5.36. The molecule has 0 saturated heterocycles. The van der Waals surface area contributed by atoms with E-state index in [9.17, 15) is 4.79 Å². The molecule has 1 N–H and O–H groups in total. The molecule has 0 atom stereocenters. The van der Waals surface area contributed by atoms with Crippen molar-refractivity contribution in [1.82, 2.24) is 14.6 Å². The number of amides is 1. The Hall–Kier alpha value is -2.69. The first kappa shape index (κ1) is 13.3. The van der Waals surface area contributed by atoms with Gasteiger partial charge in [0.05, 0.1) is 0 Å². The van der Waals surface area contributed by atoms with Crippen LogP contribution in [0.1, 0.15) is 35.8 Å². The minimum absolute atomic E-state index is 0.238. The van der Waals surface area contributed by atoms with E-state index in [1.54, 1.807) is 29.0 Å². The number of fused-ring (bicyclic) bond motifs is 1. The van der Waals surface area contributed by atoms with Crippen molar-refractivity contribution in [3.8, 4) is 0 Å². The van der Waals surface area contributed by atoms with Crippen molar-refractivity contribution in [3.05, 3.63) is 60.0 Å². The lowest BCUT2D eigenvalue weighted by atomic mass is 10.0. The largest absolute Gasteiger partial charge is 0.321 e. The van der Waals surface area contributed by atoms with E-state index < -0.39 is 0 Å². The van der Waals surface area contributed by atoms with Crippen molar-refractivity contribution < 1.29 is 4.79 Å². The summed E-state index contributed by atoms with van der Waals surface area (Å²) in [4.78, 5) is 16.3. The molecule has 1 amide bonds. The van der Waals surface area contributed by atoms with Crippen LogP contribution in [0.3, 0.4) is 0 Å². The number of carbonyl (C=O) groups excluding carboxylic acids is 1. The maximum atomic E-state index is 12.2. The molecule has 0 bridgehead atoms. The first-order valence-electron chi connectivity index (χ1n) is 6.85. The van der Waals surface area contributed by atoms with Gasteiger partial charge in [-0.2, -0.15) is 5.10 Å². The summed E-state index contributed by atoms with van der Waals surface area (Å²) in [6.07, 6.45) is 3.43. The average Bonchev–Trinajstić information content (AvgIpc) is 2.92. The van der Waals surface area contributed by atoms with Crippen molar-refractivity contribution in [3.63, 3.8) is 0 Å². The number of nitrogens with zero attached hydrogens (tertiary/aromatic N) is 3. The Balaban J connectivity index is 1.79. The molecule has 0 fully saturated rings. The highest BCUT2D eigenvalue weighted by Crippen LogP contribution is 2.17. The Kier molecular flexibility index (Phi) is 3.39. The van der Waals surface area contributed by atoms with E-state index in [-0.39, 0.29) is 5.91 Å². The number of aromatic nitrogens is 3. The van der Waals surface area contributed by atoms with Gasteiger partial charge in [0.15, 0.2) is 11.3 Å². The summed E-state index contributed by atoms with van der Waals surface area (Å²) in [6, 6.07) is 11.3. The number of nitrogens with one attached hydrogen (secondary N) is 1. The number of hydrogen-bond donors (Lipinski definition) is 1. The molecule has 2 aromatic heterocycles. The molecule has 0 spiro atoms. The van der Waals surface area contributed by atoms with Gasteiger partial charge in [-0.1, -0.05) is 26.0 Å². The lowest BCUT2D eigenvalue weighted by Gasteiger charge is -2.07. The van der Waals surface area contributed by atoms with Crippen molar-refractivity contribution in [2.45, 2.75) is 19.8 Å². The van der Waals surface area contributed by atoms with Gasteiger partial charge in [-0.05, 0) is 29.7 Å². The third kappa shape index (κ3) is 2.76. The van der Waals surface area contributed by atoms with Gasteiger partial charge in [0.2, 0.25) is 0 Å². The monoisotopic (exact) mass is 280 g/mol. The topological polar surface area (TPSA) is 59.3 Å². The van der Waals surface area contributed by atoms with Crippen molar-refractivity contribution in [2.24, 2.45) is 0 Å². The van der Waals surface area contributed by atoms with Gasteiger partial charge in [0.1, 0.15) is 0 Å². The summed E-state index contributed by atoms with van der Waals surface area (Å²) < 4.78 is 1.58. The quantitative estimate of drug-likeness (QED) is 0.802. The molecular weight excluding hydrogens is 264 g/mol. The second-order valence-electron chi connectivity index (χ2n) is 5.18. The average molecular weight is 280 g/mol. The normalized spacial score (nSPS) is 11.0. The summed E-state index contributed by atoms with van der Waals surface area (Å²) in [6.45, 7) is 4.27. The Morgan fingerprint density at radius 2 is 2.00 bits per heavy atom. The summed E-state index contributed by atoms with van der Waals surface area (Å²) in [5.41, 5.74) is 3.00. The van der Waals surface area contributed by atoms with Crippen LogP contribution in [-0.4, -0.2) is 20.5 Å². The Morgan fingerprint density at radius 1 is 1.24 bits per heavy atom. The molecule has 0 saturated carbocycles. The first-order chi connectivity index (χ1) is 10.1. The summed E-state index contributed by atoms with van der Waals surface area (Å²) in [5.74, 6) is 0.233. The molecule has 2 heterocycles. The Bertz CT molecular complexity index is 741. The van der Waals surface area contributed by atoms with E-state index in [0.717, 1.165) is 5.69 Å². The number of hydrogen-bond acceptors (Lipinski definition) is 3. The van der Waals surface area contributed by atoms with Gasteiger partial charge in [-0.3, -0.25) is 4.79 Å².